The van der Waals surface area contributed by atoms with Crippen LogP contribution in [0.15, 0.2) is 55.1 Å². The van der Waals surface area contributed by atoms with E-state index in [-0.39, 0.29) is 5.82 Å². The maximum Gasteiger partial charge on any atom is 0.131 e. The molecular formula is C16H11F. The van der Waals surface area contributed by atoms with Crippen LogP contribution in [-0.2, 0) is 0 Å². The Balaban J connectivity index is 2.15. The average molecular weight is 222 g/mol. The van der Waals surface area contributed by atoms with Crippen LogP contribution in [0.2, 0.25) is 0 Å². The molecule has 0 bridgehead atoms. The maximum absolute atomic E-state index is 13.7. The van der Waals surface area contributed by atoms with Gasteiger partial charge in [0.05, 0.1) is 0 Å². The van der Waals surface area contributed by atoms with Crippen LogP contribution in [0.1, 0.15) is 16.7 Å². The molecule has 0 saturated heterocycles. The van der Waals surface area contributed by atoms with Crippen molar-refractivity contribution in [2.24, 2.45) is 0 Å². The molecule has 0 N–H and O–H groups in total. The zero-order valence-corrected chi connectivity index (χ0v) is 9.28. The molecule has 0 atom stereocenters. The number of rotatable bonds is 1. The fourth-order valence-electron chi connectivity index (χ4n) is 2.23. The molecule has 0 nitrogen and oxygen atoms in total. The monoisotopic (exact) mass is 222 g/mol. The Bertz CT molecular complexity index is 621. The molecule has 0 aromatic heterocycles. The second-order valence-electron chi connectivity index (χ2n) is 4.11. The van der Waals surface area contributed by atoms with E-state index in [1.165, 1.54) is 6.07 Å². The van der Waals surface area contributed by atoms with Gasteiger partial charge < -0.3 is 0 Å². The SMILES string of the molecule is C=C1C(c2ccccc2)=Cc2cccc(F)c21. The van der Waals surface area contributed by atoms with E-state index < -0.39 is 0 Å². The molecule has 2 aromatic rings. The van der Waals surface area contributed by atoms with Crippen molar-refractivity contribution < 1.29 is 4.39 Å². The molecule has 0 radical (unpaired) electrons. The first kappa shape index (κ1) is 10.0. The quantitative estimate of drug-likeness (QED) is 0.671. The number of benzene rings is 2. The van der Waals surface area contributed by atoms with Gasteiger partial charge in [0.15, 0.2) is 0 Å². The third-order valence-electron chi connectivity index (χ3n) is 3.06. The highest BCUT2D eigenvalue weighted by molar-refractivity contribution is 6.16. The van der Waals surface area contributed by atoms with Crippen LogP contribution in [0, 0.1) is 5.82 Å². The van der Waals surface area contributed by atoms with Crippen LogP contribution in [0.25, 0.3) is 17.2 Å². The molecule has 1 heteroatoms. The summed E-state index contributed by atoms with van der Waals surface area (Å²) in [5, 5.41) is 0. The summed E-state index contributed by atoms with van der Waals surface area (Å²) in [4.78, 5) is 0. The van der Waals surface area contributed by atoms with Crippen LogP contribution >= 0.6 is 0 Å². The molecule has 0 heterocycles. The van der Waals surface area contributed by atoms with Crippen molar-refractivity contribution in [2.75, 3.05) is 0 Å². The molecule has 0 aliphatic heterocycles. The Kier molecular flexibility index (Phi) is 2.19. The first-order valence-corrected chi connectivity index (χ1v) is 5.52. The zero-order chi connectivity index (χ0) is 11.8. The van der Waals surface area contributed by atoms with E-state index in [1.54, 1.807) is 6.07 Å². The second-order valence-corrected chi connectivity index (χ2v) is 4.11. The number of hydrogen-bond acceptors (Lipinski definition) is 0. The zero-order valence-electron chi connectivity index (χ0n) is 9.28. The van der Waals surface area contributed by atoms with Crippen molar-refractivity contribution in [1.82, 2.24) is 0 Å². The molecule has 0 unspecified atom stereocenters. The Morgan fingerprint density at radius 3 is 2.35 bits per heavy atom. The third-order valence-corrected chi connectivity index (χ3v) is 3.06. The van der Waals surface area contributed by atoms with Gasteiger partial charge in [0.2, 0.25) is 0 Å². The molecule has 17 heavy (non-hydrogen) atoms. The molecule has 82 valence electrons. The van der Waals surface area contributed by atoms with Gasteiger partial charge in [-0.05, 0) is 34.4 Å². The molecule has 0 saturated carbocycles. The van der Waals surface area contributed by atoms with Crippen molar-refractivity contribution in [2.45, 2.75) is 0 Å². The minimum atomic E-state index is -0.199. The minimum Gasteiger partial charge on any atom is -0.206 e. The summed E-state index contributed by atoms with van der Waals surface area (Å²) < 4.78 is 13.7. The minimum absolute atomic E-state index is 0.199. The molecule has 2 aromatic carbocycles. The van der Waals surface area contributed by atoms with Gasteiger partial charge in [0.1, 0.15) is 5.82 Å². The molecule has 0 fully saturated rings. The van der Waals surface area contributed by atoms with E-state index in [2.05, 4.69) is 6.58 Å². The van der Waals surface area contributed by atoms with E-state index in [1.807, 2.05) is 42.5 Å². The van der Waals surface area contributed by atoms with Crippen LogP contribution in [0.3, 0.4) is 0 Å². The molecule has 1 aliphatic carbocycles. The highest BCUT2D eigenvalue weighted by Crippen LogP contribution is 2.40. The summed E-state index contributed by atoms with van der Waals surface area (Å²) in [6, 6.07) is 15.1. The van der Waals surface area contributed by atoms with Gasteiger partial charge in [-0.2, -0.15) is 0 Å². The molecule has 1 aliphatic rings. The average Bonchev–Trinajstić information content (AvgIpc) is 2.69. The van der Waals surface area contributed by atoms with Crippen molar-refractivity contribution in [3.05, 3.63) is 77.6 Å². The number of fused-ring (bicyclic) bond motifs is 1. The first-order chi connectivity index (χ1) is 8.27. The van der Waals surface area contributed by atoms with Crippen LogP contribution in [-0.4, -0.2) is 0 Å². The lowest BCUT2D eigenvalue weighted by atomic mass is 9.99. The fourth-order valence-corrected chi connectivity index (χ4v) is 2.23. The highest BCUT2D eigenvalue weighted by atomic mass is 19.1. The molecule has 0 amide bonds. The number of halogens is 1. The van der Waals surface area contributed by atoms with Crippen LogP contribution in [0.5, 0.6) is 0 Å². The van der Waals surface area contributed by atoms with Crippen molar-refractivity contribution in [3.63, 3.8) is 0 Å². The van der Waals surface area contributed by atoms with Crippen molar-refractivity contribution in [3.8, 4) is 0 Å². The predicted molar refractivity (Wildman–Crippen MR) is 69.7 cm³/mol. The van der Waals surface area contributed by atoms with E-state index >= 15 is 0 Å². The lowest BCUT2D eigenvalue weighted by Crippen LogP contribution is -1.88. The van der Waals surface area contributed by atoms with Gasteiger partial charge >= 0.3 is 0 Å². The van der Waals surface area contributed by atoms with Crippen molar-refractivity contribution >= 4 is 17.2 Å². The Morgan fingerprint density at radius 2 is 1.65 bits per heavy atom. The largest absolute Gasteiger partial charge is 0.206 e. The van der Waals surface area contributed by atoms with Crippen LogP contribution < -0.4 is 0 Å². The predicted octanol–water partition coefficient (Wildman–Crippen LogP) is 4.39. The smallest absolute Gasteiger partial charge is 0.131 e. The fraction of sp³-hybridized carbons (Fsp3) is 0. The highest BCUT2D eigenvalue weighted by Gasteiger charge is 2.21. The van der Waals surface area contributed by atoms with Gasteiger partial charge in [0, 0.05) is 5.56 Å². The second kappa shape index (κ2) is 3.70. The summed E-state index contributed by atoms with van der Waals surface area (Å²) in [6.07, 6.45) is 2.00. The van der Waals surface area contributed by atoms with E-state index in [0.29, 0.717) is 5.56 Å². The first-order valence-electron chi connectivity index (χ1n) is 5.52. The summed E-state index contributed by atoms with van der Waals surface area (Å²) in [5.74, 6) is -0.199. The van der Waals surface area contributed by atoms with Gasteiger partial charge in [-0.1, -0.05) is 49.0 Å². The normalized spacial score (nSPS) is 13.5. The summed E-state index contributed by atoms with van der Waals surface area (Å²) in [7, 11) is 0. The third kappa shape index (κ3) is 1.51. The van der Waals surface area contributed by atoms with Crippen LogP contribution in [0.4, 0.5) is 4.39 Å². The van der Waals surface area contributed by atoms with Gasteiger partial charge in [0.25, 0.3) is 0 Å². The number of allylic oxidation sites excluding steroid dienone is 2. The molecule has 0 spiro atoms. The number of hydrogen-bond donors (Lipinski definition) is 0. The van der Waals surface area contributed by atoms with E-state index in [9.17, 15) is 4.39 Å². The Morgan fingerprint density at radius 1 is 0.882 bits per heavy atom. The van der Waals surface area contributed by atoms with Crippen molar-refractivity contribution in [1.29, 1.82) is 0 Å². The summed E-state index contributed by atoms with van der Waals surface area (Å²) in [6.45, 7) is 4.01. The van der Waals surface area contributed by atoms with Gasteiger partial charge in [-0.15, -0.1) is 0 Å². The lowest BCUT2D eigenvalue weighted by Gasteiger charge is -2.06. The Hall–Kier alpha value is -2.15. The van der Waals surface area contributed by atoms with Gasteiger partial charge in [-0.3, -0.25) is 0 Å². The summed E-state index contributed by atoms with van der Waals surface area (Å²) in [5.41, 5.74) is 4.39. The van der Waals surface area contributed by atoms with Gasteiger partial charge in [-0.25, -0.2) is 4.39 Å². The maximum atomic E-state index is 13.7. The van der Waals surface area contributed by atoms with E-state index in [0.717, 1.165) is 22.3 Å². The summed E-state index contributed by atoms with van der Waals surface area (Å²) >= 11 is 0. The molecule has 3 rings (SSSR count). The standard InChI is InChI=1S/C16H11F/c1-11-14(12-6-3-2-4-7-12)10-13-8-5-9-15(17)16(11)13/h2-10H,1H2. The Labute approximate surface area is 99.7 Å². The molecular weight excluding hydrogens is 211 g/mol. The lowest BCUT2D eigenvalue weighted by molar-refractivity contribution is 0.624. The van der Waals surface area contributed by atoms with E-state index in [4.69, 9.17) is 0 Å². The topological polar surface area (TPSA) is 0 Å².